The molecule has 0 saturated carbocycles. The average Bonchev–Trinajstić information content (AvgIpc) is 2.30. The van der Waals surface area contributed by atoms with E-state index in [4.69, 9.17) is 0 Å². The van der Waals surface area contributed by atoms with Crippen LogP contribution >= 0.6 is 0 Å². The van der Waals surface area contributed by atoms with Crippen LogP contribution < -0.4 is 0 Å². The minimum absolute atomic E-state index is 0.372. The molecule has 0 aliphatic carbocycles. The van der Waals surface area contributed by atoms with Crippen molar-refractivity contribution in [2.75, 3.05) is 0 Å². The third-order valence-corrected chi connectivity index (χ3v) is 3.63. The molecule has 0 N–H and O–H groups in total. The normalized spacial score (nSPS) is 11.7. The lowest BCUT2D eigenvalue weighted by atomic mass is 9.87. The summed E-state index contributed by atoms with van der Waals surface area (Å²) in [7, 11) is 0. The van der Waals surface area contributed by atoms with Crippen LogP contribution in [0.2, 0.25) is 0 Å². The SMILES string of the molecule is CC(C)CC(=O)Cc1cccc(CC(C)C)c1CC(C)C. The van der Waals surface area contributed by atoms with E-state index in [1.54, 1.807) is 0 Å². The van der Waals surface area contributed by atoms with E-state index in [0.717, 1.165) is 12.8 Å². The number of Topliss-reactive ketones (excluding diaryl/α,β-unsaturated/α-hetero) is 1. The topological polar surface area (TPSA) is 17.1 Å². The van der Waals surface area contributed by atoms with Crippen LogP contribution in [0.3, 0.4) is 0 Å². The number of carbonyl (C=O) groups excluding carboxylic acids is 1. The van der Waals surface area contributed by atoms with E-state index in [1.807, 2.05) is 0 Å². The maximum Gasteiger partial charge on any atom is 0.137 e. The maximum absolute atomic E-state index is 12.2. The Kier molecular flexibility index (Phi) is 7.14. The molecule has 0 heterocycles. The molecule has 0 saturated heterocycles. The fourth-order valence-electron chi connectivity index (χ4n) is 2.89. The smallest absolute Gasteiger partial charge is 0.137 e. The highest BCUT2D eigenvalue weighted by molar-refractivity contribution is 5.81. The molecule has 1 aromatic carbocycles. The van der Waals surface area contributed by atoms with Crippen LogP contribution in [0.25, 0.3) is 0 Å². The summed E-state index contributed by atoms with van der Waals surface area (Å²) in [5, 5.41) is 0. The Morgan fingerprint density at radius 1 is 0.857 bits per heavy atom. The molecule has 0 aliphatic heterocycles. The molecule has 0 aromatic heterocycles. The molecule has 1 heteroatoms. The third kappa shape index (κ3) is 6.46. The van der Waals surface area contributed by atoms with Gasteiger partial charge in [-0.2, -0.15) is 0 Å². The fraction of sp³-hybridized carbons (Fsp3) is 0.650. The Bertz CT molecular complexity index is 455. The van der Waals surface area contributed by atoms with Crippen LogP contribution in [-0.4, -0.2) is 5.78 Å². The molecule has 0 atom stereocenters. The number of hydrogen-bond donors (Lipinski definition) is 0. The van der Waals surface area contributed by atoms with Gasteiger partial charge in [0.2, 0.25) is 0 Å². The van der Waals surface area contributed by atoms with E-state index in [-0.39, 0.29) is 0 Å². The van der Waals surface area contributed by atoms with Gasteiger partial charge in [-0.05, 0) is 47.3 Å². The van der Waals surface area contributed by atoms with Crippen LogP contribution in [0.1, 0.15) is 64.7 Å². The summed E-state index contributed by atoms with van der Waals surface area (Å²) in [6.45, 7) is 13.3. The molecular formula is C20H32O. The van der Waals surface area contributed by atoms with Crippen molar-refractivity contribution in [1.82, 2.24) is 0 Å². The quantitative estimate of drug-likeness (QED) is 0.639. The Labute approximate surface area is 131 Å². The lowest BCUT2D eigenvalue weighted by molar-refractivity contribution is -0.119. The first-order valence-electron chi connectivity index (χ1n) is 8.40. The van der Waals surface area contributed by atoms with Gasteiger partial charge in [-0.15, -0.1) is 0 Å². The summed E-state index contributed by atoms with van der Waals surface area (Å²) in [4.78, 5) is 12.2. The molecule has 0 aliphatic rings. The average molecular weight is 288 g/mol. The second-order valence-electron chi connectivity index (χ2n) is 7.56. The lowest BCUT2D eigenvalue weighted by Gasteiger charge is -2.18. The van der Waals surface area contributed by atoms with Crippen molar-refractivity contribution < 1.29 is 4.79 Å². The number of rotatable bonds is 8. The standard InChI is InChI=1S/C20H32O/c1-14(2)10-17-8-7-9-18(20(17)12-16(5)6)13-19(21)11-15(3)4/h7-9,14-16H,10-13H2,1-6H3. The number of hydrogen-bond acceptors (Lipinski definition) is 1. The number of benzene rings is 1. The highest BCUT2D eigenvalue weighted by atomic mass is 16.1. The van der Waals surface area contributed by atoms with Crippen LogP contribution in [-0.2, 0) is 24.1 Å². The molecule has 0 radical (unpaired) electrons. The Morgan fingerprint density at radius 2 is 1.43 bits per heavy atom. The van der Waals surface area contributed by atoms with Gasteiger partial charge in [0.05, 0.1) is 0 Å². The number of carbonyl (C=O) groups is 1. The molecule has 0 amide bonds. The molecule has 0 spiro atoms. The Hall–Kier alpha value is -1.11. The fourth-order valence-corrected chi connectivity index (χ4v) is 2.89. The molecule has 1 aromatic rings. The second kappa shape index (κ2) is 8.36. The zero-order chi connectivity index (χ0) is 16.0. The lowest BCUT2D eigenvalue weighted by Crippen LogP contribution is -2.12. The van der Waals surface area contributed by atoms with Crippen LogP contribution in [0.4, 0.5) is 0 Å². The van der Waals surface area contributed by atoms with Crippen molar-refractivity contribution in [2.24, 2.45) is 17.8 Å². The minimum atomic E-state index is 0.372. The molecule has 0 fully saturated rings. The largest absolute Gasteiger partial charge is 0.299 e. The van der Waals surface area contributed by atoms with Gasteiger partial charge in [0.1, 0.15) is 5.78 Å². The molecule has 21 heavy (non-hydrogen) atoms. The Morgan fingerprint density at radius 3 is 1.95 bits per heavy atom. The van der Waals surface area contributed by atoms with E-state index in [9.17, 15) is 4.79 Å². The molecule has 118 valence electrons. The highest BCUT2D eigenvalue weighted by Gasteiger charge is 2.14. The van der Waals surface area contributed by atoms with E-state index in [2.05, 4.69) is 59.7 Å². The first kappa shape index (κ1) is 17.9. The summed E-state index contributed by atoms with van der Waals surface area (Å²) >= 11 is 0. The van der Waals surface area contributed by atoms with E-state index < -0.39 is 0 Å². The van der Waals surface area contributed by atoms with Gasteiger partial charge in [0.15, 0.2) is 0 Å². The minimum Gasteiger partial charge on any atom is -0.299 e. The van der Waals surface area contributed by atoms with Gasteiger partial charge >= 0.3 is 0 Å². The summed E-state index contributed by atoms with van der Waals surface area (Å²) in [6.07, 6.45) is 3.48. The predicted octanol–water partition coefficient (Wildman–Crippen LogP) is 5.24. The number of ketones is 1. The first-order chi connectivity index (χ1) is 9.79. The molecule has 1 rings (SSSR count). The zero-order valence-electron chi connectivity index (χ0n) is 14.7. The summed E-state index contributed by atoms with van der Waals surface area (Å²) in [5.74, 6) is 2.09. The third-order valence-electron chi connectivity index (χ3n) is 3.63. The van der Waals surface area contributed by atoms with Gasteiger partial charge in [0.25, 0.3) is 0 Å². The summed E-state index contributed by atoms with van der Waals surface area (Å²) < 4.78 is 0. The van der Waals surface area contributed by atoms with Gasteiger partial charge in [0, 0.05) is 12.8 Å². The van der Waals surface area contributed by atoms with Gasteiger partial charge in [-0.25, -0.2) is 0 Å². The first-order valence-corrected chi connectivity index (χ1v) is 8.40. The van der Waals surface area contributed by atoms with Gasteiger partial charge < -0.3 is 0 Å². The van der Waals surface area contributed by atoms with Crippen molar-refractivity contribution in [2.45, 2.75) is 67.2 Å². The monoisotopic (exact) mass is 288 g/mol. The van der Waals surface area contributed by atoms with Crippen LogP contribution in [0.15, 0.2) is 18.2 Å². The summed E-state index contributed by atoms with van der Waals surface area (Å²) in [6, 6.07) is 6.52. The molecular weight excluding hydrogens is 256 g/mol. The van der Waals surface area contributed by atoms with Crippen LogP contribution in [0.5, 0.6) is 0 Å². The van der Waals surface area contributed by atoms with E-state index in [0.29, 0.717) is 36.4 Å². The maximum atomic E-state index is 12.2. The van der Waals surface area contributed by atoms with Crippen LogP contribution in [0, 0.1) is 17.8 Å². The summed E-state index contributed by atoms with van der Waals surface area (Å²) in [5.41, 5.74) is 4.12. The Balaban J connectivity index is 3.03. The van der Waals surface area contributed by atoms with E-state index >= 15 is 0 Å². The van der Waals surface area contributed by atoms with Crippen molar-refractivity contribution in [3.63, 3.8) is 0 Å². The van der Waals surface area contributed by atoms with Crippen molar-refractivity contribution in [1.29, 1.82) is 0 Å². The van der Waals surface area contributed by atoms with E-state index in [1.165, 1.54) is 16.7 Å². The van der Waals surface area contributed by atoms with Gasteiger partial charge in [-0.3, -0.25) is 4.79 Å². The van der Waals surface area contributed by atoms with Crippen molar-refractivity contribution in [3.05, 3.63) is 34.9 Å². The zero-order valence-corrected chi connectivity index (χ0v) is 14.7. The van der Waals surface area contributed by atoms with Gasteiger partial charge in [-0.1, -0.05) is 59.7 Å². The second-order valence-corrected chi connectivity index (χ2v) is 7.56. The van der Waals surface area contributed by atoms with Crippen molar-refractivity contribution >= 4 is 5.78 Å². The molecule has 0 bridgehead atoms. The molecule has 1 nitrogen and oxygen atoms in total. The molecule has 0 unspecified atom stereocenters. The highest BCUT2D eigenvalue weighted by Crippen LogP contribution is 2.23. The predicted molar refractivity (Wildman–Crippen MR) is 91.7 cm³/mol. The van der Waals surface area contributed by atoms with Crippen molar-refractivity contribution in [3.8, 4) is 0 Å².